The average Bonchev–Trinajstić information content (AvgIpc) is 2.98. The van der Waals surface area contributed by atoms with Crippen molar-refractivity contribution in [3.05, 3.63) is 58.1 Å². The quantitative estimate of drug-likeness (QED) is 0.750. The van der Waals surface area contributed by atoms with E-state index in [1.165, 1.54) is 23.4 Å². The molecule has 1 aliphatic heterocycles. The third-order valence-electron chi connectivity index (χ3n) is 4.68. The van der Waals surface area contributed by atoms with Crippen LogP contribution >= 0.6 is 11.8 Å². The van der Waals surface area contributed by atoms with Gasteiger partial charge in [0.2, 0.25) is 0 Å². The number of carboxylic acid groups (broad SMARTS) is 1. The molecule has 23 heavy (non-hydrogen) atoms. The van der Waals surface area contributed by atoms with Crippen molar-refractivity contribution >= 4 is 17.7 Å². The minimum absolute atomic E-state index is 0.183. The fourth-order valence-electron chi connectivity index (χ4n) is 3.53. The fraction of sp³-hybridized carbons (Fsp3) is 0.278. The molecular weight excluding hydrogens is 312 g/mol. The Balaban J connectivity index is 1.90. The fourth-order valence-corrected chi connectivity index (χ4v) is 4.75. The molecule has 118 valence electrons. The summed E-state index contributed by atoms with van der Waals surface area (Å²) >= 11 is 1.43. The lowest BCUT2D eigenvalue weighted by Crippen LogP contribution is -2.12. The number of carbonyl (C=O) groups is 1. The topological polar surface area (TPSA) is 77.8 Å². The molecule has 0 saturated carbocycles. The second-order valence-electron chi connectivity index (χ2n) is 6.02. The van der Waals surface area contributed by atoms with E-state index < -0.39 is 18.2 Å². The molecule has 2 unspecified atom stereocenters. The summed E-state index contributed by atoms with van der Waals surface area (Å²) in [6.07, 6.45) is 0.956. The summed E-state index contributed by atoms with van der Waals surface area (Å²) in [4.78, 5) is 12.8. The van der Waals surface area contributed by atoms with Gasteiger partial charge in [-0.05, 0) is 54.2 Å². The average molecular weight is 328 g/mol. The predicted octanol–water partition coefficient (Wildman–Crippen LogP) is 3.11. The molecule has 1 aliphatic carbocycles. The summed E-state index contributed by atoms with van der Waals surface area (Å²) in [5.74, 6) is -0.998. The molecule has 0 saturated heterocycles. The molecule has 3 N–H and O–H groups in total. The Morgan fingerprint density at radius 1 is 1.04 bits per heavy atom. The van der Waals surface area contributed by atoms with E-state index in [0.29, 0.717) is 10.5 Å². The normalized spacial score (nSPS) is 22.0. The van der Waals surface area contributed by atoms with Gasteiger partial charge in [0.25, 0.3) is 0 Å². The summed E-state index contributed by atoms with van der Waals surface area (Å²) in [7, 11) is 0. The van der Waals surface area contributed by atoms with Crippen LogP contribution in [0.1, 0.15) is 51.2 Å². The number of fused-ring (bicyclic) bond motifs is 4. The predicted molar refractivity (Wildman–Crippen MR) is 85.9 cm³/mol. The Bertz CT molecular complexity index is 815. The zero-order valence-corrected chi connectivity index (χ0v) is 13.1. The number of aryl methyl sites for hydroxylation is 1. The van der Waals surface area contributed by atoms with E-state index in [4.69, 9.17) is 0 Å². The van der Waals surface area contributed by atoms with Crippen LogP contribution in [-0.4, -0.2) is 21.3 Å². The smallest absolute Gasteiger partial charge is 0.335 e. The minimum Gasteiger partial charge on any atom is -0.478 e. The molecule has 0 amide bonds. The lowest BCUT2D eigenvalue weighted by atomic mass is 9.92. The van der Waals surface area contributed by atoms with Crippen molar-refractivity contribution in [1.29, 1.82) is 0 Å². The lowest BCUT2D eigenvalue weighted by molar-refractivity contribution is 0.0143. The third kappa shape index (κ3) is 2.27. The number of carboxylic acids is 1. The van der Waals surface area contributed by atoms with Crippen LogP contribution in [0.25, 0.3) is 0 Å². The Kier molecular flexibility index (Phi) is 3.44. The van der Waals surface area contributed by atoms with Crippen molar-refractivity contribution in [3.63, 3.8) is 0 Å². The van der Waals surface area contributed by atoms with Crippen LogP contribution in [-0.2, 0) is 12.8 Å². The van der Waals surface area contributed by atoms with Gasteiger partial charge < -0.3 is 15.3 Å². The number of benzene rings is 2. The molecule has 2 aliphatic rings. The molecule has 4 rings (SSSR count). The molecule has 0 aromatic heterocycles. The van der Waals surface area contributed by atoms with Gasteiger partial charge in [-0.3, -0.25) is 0 Å². The number of hydrogen-bond acceptors (Lipinski definition) is 4. The first kappa shape index (κ1) is 14.8. The highest BCUT2D eigenvalue weighted by Gasteiger charge is 2.33. The number of aliphatic hydroxyl groups excluding tert-OH is 2. The van der Waals surface area contributed by atoms with Gasteiger partial charge in [0.1, 0.15) is 12.2 Å². The SMILES string of the molecule is O=C(O)c1ccc2c(c1)Sc1ccc3c(c1C(O)C2O)CCC3. The molecule has 0 spiro atoms. The van der Waals surface area contributed by atoms with Crippen LogP contribution in [0.2, 0.25) is 0 Å². The summed E-state index contributed by atoms with van der Waals surface area (Å²) in [6, 6.07) is 8.70. The lowest BCUT2D eigenvalue weighted by Gasteiger charge is -2.20. The van der Waals surface area contributed by atoms with Crippen molar-refractivity contribution in [2.75, 3.05) is 0 Å². The van der Waals surface area contributed by atoms with Crippen molar-refractivity contribution in [2.45, 2.75) is 41.3 Å². The van der Waals surface area contributed by atoms with Gasteiger partial charge in [0.05, 0.1) is 5.56 Å². The van der Waals surface area contributed by atoms with E-state index in [0.717, 1.165) is 35.3 Å². The van der Waals surface area contributed by atoms with Crippen LogP contribution in [0.4, 0.5) is 0 Å². The van der Waals surface area contributed by atoms with Gasteiger partial charge in [-0.1, -0.05) is 23.9 Å². The zero-order chi connectivity index (χ0) is 16.1. The molecule has 1 heterocycles. The number of rotatable bonds is 1. The first-order valence-corrected chi connectivity index (χ1v) is 8.44. The van der Waals surface area contributed by atoms with Gasteiger partial charge in [0.15, 0.2) is 0 Å². The number of hydrogen-bond donors (Lipinski definition) is 3. The molecule has 2 atom stereocenters. The van der Waals surface area contributed by atoms with Crippen LogP contribution < -0.4 is 0 Å². The summed E-state index contributed by atoms with van der Waals surface area (Å²) in [5.41, 5.74) is 3.96. The number of aliphatic hydroxyl groups is 2. The maximum atomic E-state index is 11.2. The van der Waals surface area contributed by atoms with Crippen molar-refractivity contribution in [3.8, 4) is 0 Å². The number of aromatic carboxylic acids is 1. The summed E-state index contributed by atoms with van der Waals surface area (Å²) < 4.78 is 0. The molecule has 0 radical (unpaired) electrons. The zero-order valence-electron chi connectivity index (χ0n) is 12.3. The van der Waals surface area contributed by atoms with Crippen LogP contribution in [0.3, 0.4) is 0 Å². The first-order valence-electron chi connectivity index (χ1n) is 7.62. The highest BCUT2D eigenvalue weighted by atomic mass is 32.2. The monoisotopic (exact) mass is 328 g/mol. The minimum atomic E-state index is -1.05. The standard InChI is InChI=1S/C18H16O4S/c19-16-12-6-4-10(18(21)22)8-14(12)23-13-7-5-9-2-1-3-11(9)15(13)17(16)20/h4-8,16-17,19-20H,1-3H2,(H,21,22). The Morgan fingerprint density at radius 2 is 1.87 bits per heavy atom. The maximum absolute atomic E-state index is 11.2. The highest BCUT2D eigenvalue weighted by Crippen LogP contribution is 2.48. The van der Waals surface area contributed by atoms with Gasteiger partial charge in [-0.25, -0.2) is 4.79 Å². The summed E-state index contributed by atoms with van der Waals surface area (Å²) in [6.45, 7) is 0. The molecule has 0 bridgehead atoms. The highest BCUT2D eigenvalue weighted by molar-refractivity contribution is 7.99. The van der Waals surface area contributed by atoms with Crippen LogP contribution in [0.5, 0.6) is 0 Å². The Morgan fingerprint density at radius 3 is 2.65 bits per heavy atom. The maximum Gasteiger partial charge on any atom is 0.335 e. The second kappa shape index (κ2) is 5.37. The molecule has 0 fully saturated rings. The van der Waals surface area contributed by atoms with E-state index in [9.17, 15) is 20.1 Å². The molecule has 5 heteroatoms. The molecule has 4 nitrogen and oxygen atoms in total. The summed E-state index contributed by atoms with van der Waals surface area (Å²) in [5, 5.41) is 30.5. The van der Waals surface area contributed by atoms with E-state index >= 15 is 0 Å². The van der Waals surface area contributed by atoms with Crippen LogP contribution in [0, 0.1) is 0 Å². The largest absolute Gasteiger partial charge is 0.478 e. The third-order valence-corrected chi connectivity index (χ3v) is 5.83. The van der Waals surface area contributed by atoms with Gasteiger partial charge in [0, 0.05) is 15.4 Å². The Labute approximate surface area is 137 Å². The van der Waals surface area contributed by atoms with Crippen molar-refractivity contribution in [1.82, 2.24) is 0 Å². The van der Waals surface area contributed by atoms with E-state index in [2.05, 4.69) is 6.07 Å². The van der Waals surface area contributed by atoms with Crippen LogP contribution in [0.15, 0.2) is 40.1 Å². The first-order chi connectivity index (χ1) is 11.1. The van der Waals surface area contributed by atoms with Gasteiger partial charge in [-0.15, -0.1) is 0 Å². The van der Waals surface area contributed by atoms with E-state index in [-0.39, 0.29) is 5.56 Å². The molecule has 2 aromatic rings. The Hall–Kier alpha value is -1.82. The molecule has 2 aromatic carbocycles. The van der Waals surface area contributed by atoms with E-state index in [1.54, 1.807) is 12.1 Å². The van der Waals surface area contributed by atoms with Crippen molar-refractivity contribution < 1.29 is 20.1 Å². The van der Waals surface area contributed by atoms with Gasteiger partial charge >= 0.3 is 5.97 Å². The second-order valence-corrected chi connectivity index (χ2v) is 7.10. The van der Waals surface area contributed by atoms with Gasteiger partial charge in [-0.2, -0.15) is 0 Å². The van der Waals surface area contributed by atoms with E-state index in [1.807, 2.05) is 6.07 Å². The van der Waals surface area contributed by atoms with Crippen molar-refractivity contribution in [2.24, 2.45) is 0 Å². The molecular formula is C18H16O4S.